The normalized spacial score (nSPS) is 10.6. The molecule has 0 spiro atoms. The van der Waals surface area contributed by atoms with Gasteiger partial charge in [0.15, 0.2) is 0 Å². The van der Waals surface area contributed by atoms with Crippen molar-refractivity contribution >= 4 is 34.6 Å². The molecule has 0 aliphatic rings. The lowest BCUT2D eigenvalue weighted by Gasteiger charge is -2.14. The van der Waals surface area contributed by atoms with Crippen molar-refractivity contribution in [2.24, 2.45) is 0 Å². The number of nitrogens with one attached hydrogen (secondary N) is 2. The Morgan fingerprint density at radius 2 is 1.78 bits per heavy atom. The molecule has 5 nitrogen and oxygen atoms in total. The summed E-state index contributed by atoms with van der Waals surface area (Å²) in [5.74, 6) is -0.678. The van der Waals surface area contributed by atoms with Crippen molar-refractivity contribution in [3.63, 3.8) is 0 Å². The number of rotatable bonds is 4. The zero-order valence-electron chi connectivity index (χ0n) is 15.1. The summed E-state index contributed by atoms with van der Waals surface area (Å²) in [6.07, 6.45) is 1.47. The fraction of sp³-hybridized carbons (Fsp3) is 0.150. The molecule has 0 saturated heterocycles. The predicted molar refractivity (Wildman–Crippen MR) is 105 cm³/mol. The summed E-state index contributed by atoms with van der Waals surface area (Å²) in [5.41, 5.74) is 4.35. The van der Waals surface area contributed by atoms with E-state index in [1.807, 2.05) is 19.9 Å². The summed E-state index contributed by atoms with van der Waals surface area (Å²) >= 11 is 5.99. The first kappa shape index (κ1) is 18.8. The van der Waals surface area contributed by atoms with E-state index < -0.39 is 0 Å². The molecular formula is C20H18ClFN4O. The second kappa shape index (κ2) is 7.72. The van der Waals surface area contributed by atoms with Gasteiger partial charge in [0.2, 0.25) is 0 Å². The summed E-state index contributed by atoms with van der Waals surface area (Å²) in [5, 5.41) is 6.16. The molecule has 138 valence electrons. The maximum Gasteiger partial charge on any atom is 0.257 e. The van der Waals surface area contributed by atoms with Crippen molar-refractivity contribution < 1.29 is 9.18 Å². The van der Waals surface area contributed by atoms with E-state index in [1.54, 1.807) is 19.1 Å². The van der Waals surface area contributed by atoms with E-state index in [4.69, 9.17) is 11.6 Å². The zero-order valence-corrected chi connectivity index (χ0v) is 15.9. The van der Waals surface area contributed by atoms with Crippen LogP contribution >= 0.6 is 11.6 Å². The van der Waals surface area contributed by atoms with Crippen LogP contribution < -0.4 is 10.6 Å². The summed E-state index contributed by atoms with van der Waals surface area (Å²) < 4.78 is 13.3. The quantitative estimate of drug-likeness (QED) is 0.607. The highest BCUT2D eigenvalue weighted by Gasteiger charge is 2.15. The molecule has 2 aromatic heterocycles. The Balaban J connectivity index is 1.92. The molecule has 0 aliphatic heterocycles. The molecule has 0 saturated carbocycles. The third-order valence-corrected chi connectivity index (χ3v) is 4.25. The molecule has 2 N–H and O–H groups in total. The molecule has 0 bridgehead atoms. The minimum Gasteiger partial charge on any atom is -0.353 e. The number of anilines is 3. The molecule has 1 amide bonds. The Bertz CT molecular complexity index is 1020. The maximum absolute atomic E-state index is 13.3. The van der Waals surface area contributed by atoms with Crippen LogP contribution in [0.4, 0.5) is 21.5 Å². The number of hydrogen-bond donors (Lipinski definition) is 2. The van der Waals surface area contributed by atoms with Gasteiger partial charge < -0.3 is 10.6 Å². The highest BCUT2D eigenvalue weighted by molar-refractivity contribution is 6.30. The van der Waals surface area contributed by atoms with Crippen LogP contribution in [0.2, 0.25) is 5.15 Å². The number of nitrogens with zero attached hydrogens (tertiary/aromatic N) is 2. The van der Waals surface area contributed by atoms with Crippen molar-refractivity contribution in [2.45, 2.75) is 20.8 Å². The monoisotopic (exact) mass is 384 g/mol. The van der Waals surface area contributed by atoms with Gasteiger partial charge in [0.1, 0.15) is 11.0 Å². The van der Waals surface area contributed by atoms with Crippen LogP contribution in [0.3, 0.4) is 0 Å². The van der Waals surface area contributed by atoms with Crippen molar-refractivity contribution in [1.82, 2.24) is 9.97 Å². The van der Waals surface area contributed by atoms with Gasteiger partial charge in [0, 0.05) is 11.4 Å². The highest BCUT2D eigenvalue weighted by atomic mass is 35.5. The van der Waals surface area contributed by atoms with Gasteiger partial charge in [0.25, 0.3) is 5.91 Å². The first-order valence-electron chi connectivity index (χ1n) is 8.28. The summed E-state index contributed by atoms with van der Waals surface area (Å²) in [4.78, 5) is 21.2. The largest absolute Gasteiger partial charge is 0.353 e. The summed E-state index contributed by atoms with van der Waals surface area (Å²) in [6.45, 7) is 5.48. The van der Waals surface area contributed by atoms with Gasteiger partial charge in [-0.05, 0) is 62.7 Å². The Labute approximate surface area is 161 Å². The van der Waals surface area contributed by atoms with E-state index in [-0.39, 0.29) is 16.9 Å². The molecule has 7 heteroatoms. The van der Waals surface area contributed by atoms with Crippen LogP contribution in [0.5, 0.6) is 0 Å². The van der Waals surface area contributed by atoms with Gasteiger partial charge in [-0.2, -0.15) is 0 Å². The molecule has 2 heterocycles. The first-order chi connectivity index (χ1) is 12.8. The van der Waals surface area contributed by atoms with Crippen molar-refractivity contribution in [2.75, 3.05) is 10.6 Å². The van der Waals surface area contributed by atoms with E-state index >= 15 is 0 Å². The van der Waals surface area contributed by atoms with Crippen LogP contribution in [-0.4, -0.2) is 15.9 Å². The lowest BCUT2D eigenvalue weighted by molar-refractivity contribution is 0.102. The molecular weight excluding hydrogens is 367 g/mol. The number of carbonyl (C=O) groups excluding carboxylic acids is 1. The second-order valence-corrected chi connectivity index (χ2v) is 6.56. The number of pyridine rings is 2. The molecule has 0 aliphatic carbocycles. The number of halogens is 2. The van der Waals surface area contributed by atoms with Gasteiger partial charge in [0.05, 0.1) is 28.8 Å². The van der Waals surface area contributed by atoms with Crippen LogP contribution in [0.25, 0.3) is 0 Å². The SMILES string of the molecule is Cc1ccc(NC(=O)c2cc(Cl)ncc2Nc2ccc(F)cc2C)c(C)n1. The Hall–Kier alpha value is -2.99. The molecule has 3 aromatic rings. The fourth-order valence-corrected chi connectivity index (χ4v) is 2.80. The average molecular weight is 385 g/mol. The number of hydrogen-bond acceptors (Lipinski definition) is 4. The van der Waals surface area contributed by atoms with Crippen LogP contribution in [0.15, 0.2) is 42.6 Å². The fourth-order valence-electron chi connectivity index (χ4n) is 2.64. The number of carbonyl (C=O) groups is 1. The first-order valence-corrected chi connectivity index (χ1v) is 8.65. The lowest BCUT2D eigenvalue weighted by Crippen LogP contribution is -2.15. The molecule has 1 aromatic carbocycles. The minimum absolute atomic E-state index is 0.195. The maximum atomic E-state index is 13.3. The smallest absolute Gasteiger partial charge is 0.257 e. The Kier molecular flexibility index (Phi) is 5.37. The minimum atomic E-state index is -0.352. The van der Waals surface area contributed by atoms with Crippen LogP contribution in [-0.2, 0) is 0 Å². The molecule has 0 atom stereocenters. The van der Waals surface area contributed by atoms with Crippen molar-refractivity contribution in [3.05, 3.63) is 76.1 Å². The van der Waals surface area contributed by atoms with E-state index in [1.165, 1.54) is 24.4 Å². The number of aromatic nitrogens is 2. The number of amides is 1. The predicted octanol–water partition coefficient (Wildman–Crippen LogP) is 5.19. The third-order valence-electron chi connectivity index (χ3n) is 4.05. The van der Waals surface area contributed by atoms with Gasteiger partial charge in [-0.1, -0.05) is 11.6 Å². The zero-order chi connectivity index (χ0) is 19.6. The lowest BCUT2D eigenvalue weighted by atomic mass is 10.1. The van der Waals surface area contributed by atoms with Crippen molar-refractivity contribution in [3.8, 4) is 0 Å². The van der Waals surface area contributed by atoms with E-state index in [0.717, 1.165) is 5.69 Å². The van der Waals surface area contributed by atoms with Crippen molar-refractivity contribution in [1.29, 1.82) is 0 Å². The standard InChI is InChI=1S/C20H18ClFN4O/c1-11-8-14(22)5-7-16(11)25-18-10-23-19(21)9-15(18)20(27)26-17-6-4-12(2)24-13(17)3/h4-10,25H,1-3H3,(H,26,27). The topological polar surface area (TPSA) is 66.9 Å². The number of aryl methyl sites for hydroxylation is 3. The van der Waals surface area contributed by atoms with Gasteiger partial charge in [-0.3, -0.25) is 9.78 Å². The van der Waals surface area contributed by atoms with Gasteiger partial charge in [-0.25, -0.2) is 9.37 Å². The third kappa shape index (κ3) is 4.41. The average Bonchev–Trinajstić information content (AvgIpc) is 2.61. The van der Waals surface area contributed by atoms with Gasteiger partial charge >= 0.3 is 0 Å². The van der Waals surface area contributed by atoms with Crippen LogP contribution in [0, 0.1) is 26.6 Å². The molecule has 3 rings (SSSR count). The molecule has 0 unspecified atom stereocenters. The number of benzene rings is 1. The second-order valence-electron chi connectivity index (χ2n) is 6.18. The van der Waals surface area contributed by atoms with Gasteiger partial charge in [-0.15, -0.1) is 0 Å². The Morgan fingerprint density at radius 1 is 1.04 bits per heavy atom. The Morgan fingerprint density at radius 3 is 2.48 bits per heavy atom. The highest BCUT2D eigenvalue weighted by Crippen LogP contribution is 2.26. The van der Waals surface area contributed by atoms with E-state index in [0.29, 0.717) is 33.9 Å². The molecule has 0 fully saturated rings. The molecule has 27 heavy (non-hydrogen) atoms. The molecule has 0 radical (unpaired) electrons. The van der Waals surface area contributed by atoms with E-state index in [9.17, 15) is 9.18 Å². The van der Waals surface area contributed by atoms with Crippen LogP contribution in [0.1, 0.15) is 27.3 Å². The summed E-state index contributed by atoms with van der Waals surface area (Å²) in [7, 11) is 0. The van der Waals surface area contributed by atoms with E-state index in [2.05, 4.69) is 20.6 Å². The summed E-state index contributed by atoms with van der Waals surface area (Å²) in [6, 6.07) is 9.47.